The van der Waals surface area contributed by atoms with Gasteiger partial charge in [-0.25, -0.2) is 0 Å². The number of benzene rings is 1. The molecule has 6 nitrogen and oxygen atoms in total. The van der Waals surface area contributed by atoms with Crippen molar-refractivity contribution in [2.24, 2.45) is 17.8 Å². The molecule has 2 N–H and O–H groups in total. The molecule has 0 aliphatic carbocycles. The van der Waals surface area contributed by atoms with Gasteiger partial charge in [0.05, 0.1) is 4.92 Å². The Morgan fingerprint density at radius 3 is 1.87 bits per heavy atom. The van der Waals surface area contributed by atoms with Crippen LogP contribution in [0, 0.1) is 27.9 Å². The monoisotopic (exact) mass is 639 g/mol. The van der Waals surface area contributed by atoms with Crippen molar-refractivity contribution in [3.05, 3.63) is 50.1 Å². The maximum atomic E-state index is 12.6. The van der Waals surface area contributed by atoms with Crippen molar-refractivity contribution in [2.75, 3.05) is 0 Å². The van der Waals surface area contributed by atoms with Gasteiger partial charge < -0.3 is 0 Å². The van der Waals surface area contributed by atoms with Crippen LogP contribution in [0.25, 0.3) is 0 Å². The number of ketones is 1. The molecule has 5 atom stereocenters. The molecule has 0 aromatic heterocycles. The number of aliphatic hydroxyl groups is 2. The standard InChI is InChI=1S/C19H26NO5.3C4H9.Sn/c1-5-12(2)19(23)14(4)10-13(3)17(21)11-18(22)15-6-8-16(9-7-15)20(24)25;3*1-3-4-2;/h1,5-9,12-14,17,19,21,23H,10-11H2,2-4H3;3*1,3-4H2,2H3;/t12-,13-,14-,17-,19-;;;;/m1..../s1. The zero-order valence-electron chi connectivity index (χ0n) is 24.7. The molecule has 0 saturated carbocycles. The van der Waals surface area contributed by atoms with Crippen molar-refractivity contribution in [1.82, 2.24) is 0 Å². The van der Waals surface area contributed by atoms with E-state index in [0.717, 1.165) is 0 Å². The van der Waals surface area contributed by atoms with Gasteiger partial charge in [0.2, 0.25) is 0 Å². The second-order valence-electron chi connectivity index (χ2n) is 11.6. The first-order chi connectivity index (χ1) is 18.0. The Kier molecular flexibility index (Phi) is 16.6. The number of nitro groups is 1. The minimum atomic E-state index is -2.40. The molecule has 1 aromatic carbocycles. The van der Waals surface area contributed by atoms with E-state index in [4.69, 9.17) is 0 Å². The first-order valence-corrected chi connectivity index (χ1v) is 22.5. The van der Waals surface area contributed by atoms with Gasteiger partial charge in [-0.05, 0) is 0 Å². The number of Topliss-reactive ketones (excluding diaryl/α,β-unsaturated/α-hetero) is 1. The molecule has 7 heteroatoms. The summed E-state index contributed by atoms with van der Waals surface area (Å²) in [6.07, 6.45) is 9.23. The SMILES string of the molecule is CCC[CH2][Sn](/[CH]=C/[C@@H](C)[C@@H](O)[C@H](C)C[C@@H](C)[C@H](O)CC(=O)c1ccc([N+](=O)[O-])cc1)([CH2]CCC)[CH2]CCC. The number of non-ortho nitro benzene ring substituents is 1. The van der Waals surface area contributed by atoms with Crippen LogP contribution in [0.3, 0.4) is 0 Å². The van der Waals surface area contributed by atoms with Crippen molar-refractivity contribution in [3.63, 3.8) is 0 Å². The zero-order valence-corrected chi connectivity index (χ0v) is 27.5. The van der Waals surface area contributed by atoms with Gasteiger partial charge in [-0.15, -0.1) is 0 Å². The van der Waals surface area contributed by atoms with Gasteiger partial charge in [0.1, 0.15) is 0 Å². The Balaban J connectivity index is 2.78. The summed E-state index contributed by atoms with van der Waals surface area (Å²) in [6, 6.07) is 5.49. The normalized spacial score (nSPS) is 16.2. The number of nitro benzene ring substituents is 1. The fourth-order valence-electron chi connectivity index (χ4n) is 5.36. The first-order valence-electron chi connectivity index (χ1n) is 14.8. The molecular formula is C31H53NO5Sn. The van der Waals surface area contributed by atoms with E-state index in [2.05, 4.69) is 37.9 Å². The average molecular weight is 638 g/mol. The number of hydrogen-bond acceptors (Lipinski definition) is 5. The maximum absolute atomic E-state index is 12.6. The third kappa shape index (κ3) is 11.9. The molecule has 0 aliphatic heterocycles. The molecular weight excluding hydrogens is 585 g/mol. The molecule has 0 fully saturated rings. The summed E-state index contributed by atoms with van der Waals surface area (Å²) in [7, 11) is 0. The Morgan fingerprint density at radius 1 is 0.921 bits per heavy atom. The molecule has 0 bridgehead atoms. The molecule has 0 radical (unpaired) electrons. The summed E-state index contributed by atoms with van der Waals surface area (Å²) >= 11 is -2.40. The number of carbonyl (C=O) groups excluding carboxylic acids is 1. The van der Waals surface area contributed by atoms with Crippen molar-refractivity contribution < 1.29 is 19.9 Å². The van der Waals surface area contributed by atoms with Gasteiger partial charge in [0, 0.05) is 12.1 Å². The fraction of sp³-hybridized carbons (Fsp3) is 0.710. The number of rotatable bonds is 20. The fourth-order valence-corrected chi connectivity index (χ4v) is 20.0. The third-order valence-electron chi connectivity index (χ3n) is 8.15. The first kappa shape index (κ1) is 34.8. The van der Waals surface area contributed by atoms with E-state index in [1.807, 2.05) is 13.8 Å². The van der Waals surface area contributed by atoms with E-state index in [9.17, 15) is 25.1 Å². The Morgan fingerprint density at radius 2 is 1.42 bits per heavy atom. The summed E-state index contributed by atoms with van der Waals surface area (Å²) in [5, 5.41) is 32.7. The van der Waals surface area contributed by atoms with Crippen molar-refractivity contribution in [1.29, 1.82) is 0 Å². The predicted molar refractivity (Wildman–Crippen MR) is 160 cm³/mol. The molecule has 1 rings (SSSR count). The molecule has 216 valence electrons. The van der Waals surface area contributed by atoms with Crippen LogP contribution in [0.4, 0.5) is 5.69 Å². The second-order valence-corrected chi connectivity index (χ2v) is 24.6. The quantitative estimate of drug-likeness (QED) is 0.0650. The summed E-state index contributed by atoms with van der Waals surface area (Å²) in [6.45, 7) is 12.9. The van der Waals surface area contributed by atoms with Crippen LogP contribution < -0.4 is 0 Å². The molecule has 0 aliphatic rings. The van der Waals surface area contributed by atoms with Crippen LogP contribution in [-0.2, 0) is 0 Å². The zero-order chi connectivity index (χ0) is 28.7. The summed E-state index contributed by atoms with van der Waals surface area (Å²) < 4.78 is 6.85. The van der Waals surface area contributed by atoms with Crippen molar-refractivity contribution >= 4 is 29.8 Å². The molecule has 0 saturated heterocycles. The molecule has 1 aromatic rings. The summed E-state index contributed by atoms with van der Waals surface area (Å²) in [5.74, 6) is -0.356. The van der Waals surface area contributed by atoms with Crippen LogP contribution in [0.5, 0.6) is 0 Å². The minimum absolute atomic E-state index is 0.0136. The van der Waals surface area contributed by atoms with Crippen LogP contribution in [-0.4, -0.2) is 51.5 Å². The summed E-state index contributed by atoms with van der Waals surface area (Å²) in [5.41, 5.74) is 0.293. The van der Waals surface area contributed by atoms with Crippen molar-refractivity contribution in [3.8, 4) is 0 Å². The van der Waals surface area contributed by atoms with E-state index in [-0.39, 0.29) is 35.6 Å². The number of unbranched alkanes of at least 4 members (excludes halogenated alkanes) is 3. The summed E-state index contributed by atoms with van der Waals surface area (Å²) in [4.78, 5) is 22.9. The van der Waals surface area contributed by atoms with Gasteiger partial charge in [0.15, 0.2) is 0 Å². The second kappa shape index (κ2) is 18.2. The number of hydrogen-bond donors (Lipinski definition) is 2. The number of carbonyl (C=O) groups is 1. The van der Waals surface area contributed by atoms with E-state index >= 15 is 0 Å². The third-order valence-corrected chi connectivity index (χ3v) is 22.3. The van der Waals surface area contributed by atoms with E-state index in [1.165, 1.54) is 76.1 Å². The Hall–Kier alpha value is -1.25. The van der Waals surface area contributed by atoms with Crippen molar-refractivity contribution in [2.45, 2.75) is 118 Å². The molecule has 0 spiro atoms. The number of nitrogens with zero attached hydrogens (tertiary/aromatic N) is 1. The molecule has 0 heterocycles. The van der Waals surface area contributed by atoms with Crippen LogP contribution in [0.2, 0.25) is 13.3 Å². The van der Waals surface area contributed by atoms with E-state index in [1.54, 1.807) is 0 Å². The van der Waals surface area contributed by atoms with Gasteiger partial charge in [-0.2, -0.15) is 0 Å². The Labute approximate surface area is 235 Å². The molecule has 0 amide bonds. The van der Waals surface area contributed by atoms with Gasteiger partial charge >= 0.3 is 203 Å². The predicted octanol–water partition coefficient (Wildman–Crippen LogP) is 8.13. The topological polar surface area (TPSA) is 101 Å². The van der Waals surface area contributed by atoms with Crippen LogP contribution in [0.15, 0.2) is 34.4 Å². The van der Waals surface area contributed by atoms with E-state index in [0.29, 0.717) is 12.0 Å². The van der Waals surface area contributed by atoms with Gasteiger partial charge in [-0.3, -0.25) is 10.1 Å². The van der Waals surface area contributed by atoms with Crippen LogP contribution in [0.1, 0.15) is 103 Å². The van der Waals surface area contributed by atoms with Gasteiger partial charge in [0.25, 0.3) is 5.69 Å². The Bertz CT molecular complexity index is 835. The van der Waals surface area contributed by atoms with Gasteiger partial charge in [-0.1, -0.05) is 0 Å². The molecule has 0 unspecified atom stereocenters. The van der Waals surface area contributed by atoms with E-state index < -0.39 is 35.5 Å². The average Bonchev–Trinajstić information content (AvgIpc) is 2.91. The van der Waals surface area contributed by atoms with Crippen LogP contribution >= 0.6 is 0 Å². The molecule has 38 heavy (non-hydrogen) atoms. The number of aliphatic hydroxyl groups excluding tert-OH is 2.